The second-order valence-electron chi connectivity index (χ2n) is 5.23. The fraction of sp³-hybridized carbons (Fsp3) is 0.471. The highest BCUT2D eigenvalue weighted by atomic mass is 16.4. The predicted molar refractivity (Wildman–Crippen MR) is 83.4 cm³/mol. The molecule has 3 N–H and O–H groups in total. The minimum absolute atomic E-state index is 0.201. The lowest BCUT2D eigenvalue weighted by Gasteiger charge is -2.09. The molecule has 0 spiro atoms. The third kappa shape index (κ3) is 6.34. The molecule has 1 rings (SSSR count). The summed E-state index contributed by atoms with van der Waals surface area (Å²) in [5.74, 6) is -1.43. The van der Waals surface area contributed by atoms with Crippen LogP contribution in [0.2, 0.25) is 0 Å². The largest absolute Gasteiger partial charge is 0.504 e. The van der Waals surface area contributed by atoms with Crippen LogP contribution in [0.5, 0.6) is 11.5 Å². The number of carboxylic acids is 1. The third-order valence-corrected chi connectivity index (χ3v) is 3.44. The van der Waals surface area contributed by atoms with Crippen LogP contribution in [0.1, 0.15) is 57.4 Å². The van der Waals surface area contributed by atoms with Gasteiger partial charge in [-0.15, -0.1) is 0 Å². The van der Waals surface area contributed by atoms with E-state index in [0.717, 1.165) is 19.3 Å². The molecular weight excluding hydrogens is 268 g/mol. The van der Waals surface area contributed by atoms with Crippen LogP contribution in [-0.4, -0.2) is 21.3 Å². The van der Waals surface area contributed by atoms with E-state index < -0.39 is 5.97 Å². The number of phenols is 2. The molecule has 0 bridgehead atoms. The fourth-order valence-corrected chi connectivity index (χ4v) is 2.27. The van der Waals surface area contributed by atoms with E-state index in [9.17, 15) is 15.0 Å². The van der Waals surface area contributed by atoms with Crippen LogP contribution in [0.3, 0.4) is 0 Å². The Labute approximate surface area is 125 Å². The van der Waals surface area contributed by atoms with E-state index in [1.165, 1.54) is 37.5 Å². The van der Waals surface area contributed by atoms with E-state index >= 15 is 0 Å². The monoisotopic (exact) mass is 292 g/mol. The molecule has 4 nitrogen and oxygen atoms in total. The Morgan fingerprint density at radius 3 is 2.33 bits per heavy atom. The number of rotatable bonds is 9. The molecule has 0 aliphatic carbocycles. The van der Waals surface area contributed by atoms with E-state index in [-0.39, 0.29) is 11.5 Å². The fourth-order valence-electron chi connectivity index (χ4n) is 2.27. The van der Waals surface area contributed by atoms with Crippen LogP contribution >= 0.6 is 0 Å². The van der Waals surface area contributed by atoms with Crippen molar-refractivity contribution in [3.63, 3.8) is 0 Å². The Hall–Kier alpha value is -1.97. The Balaban J connectivity index is 2.64. The highest BCUT2D eigenvalue weighted by molar-refractivity contribution is 5.90. The number of hydrogen-bond acceptors (Lipinski definition) is 3. The normalized spacial score (nSPS) is 11.6. The average molecular weight is 292 g/mol. The standard InChI is InChI=1S/C17H24O4/c1-2-3-4-5-6-7-8-13(12-17(20)21)14-9-10-15(18)16(19)11-14/h9-12,18-19H,2-8H2,1H3,(H,20,21). The van der Waals surface area contributed by atoms with Gasteiger partial charge in [-0.2, -0.15) is 0 Å². The first-order valence-electron chi connectivity index (χ1n) is 7.50. The summed E-state index contributed by atoms with van der Waals surface area (Å²) in [5.41, 5.74) is 1.31. The zero-order valence-electron chi connectivity index (χ0n) is 12.5. The lowest BCUT2D eigenvalue weighted by molar-refractivity contribution is -0.131. The number of phenolic OH excluding ortho intramolecular Hbond substituents is 2. The summed E-state index contributed by atoms with van der Waals surface area (Å²) in [6, 6.07) is 4.41. The molecule has 0 aliphatic rings. The summed E-state index contributed by atoms with van der Waals surface area (Å²) in [5, 5.41) is 27.8. The number of unbranched alkanes of at least 4 members (excludes halogenated alkanes) is 5. The minimum Gasteiger partial charge on any atom is -0.504 e. The SMILES string of the molecule is CCCCCCCCC(=CC(=O)O)c1ccc(O)c(O)c1. The molecule has 0 radical (unpaired) electrons. The zero-order valence-corrected chi connectivity index (χ0v) is 12.5. The molecule has 4 heteroatoms. The summed E-state index contributed by atoms with van der Waals surface area (Å²) >= 11 is 0. The predicted octanol–water partition coefficient (Wildman–Crippen LogP) is 4.32. The summed E-state index contributed by atoms with van der Waals surface area (Å²) in [6.07, 6.45) is 8.65. The number of carboxylic acid groups (broad SMARTS) is 1. The number of aliphatic carboxylic acids is 1. The Morgan fingerprint density at radius 2 is 1.71 bits per heavy atom. The van der Waals surface area contributed by atoms with Crippen LogP contribution in [0, 0.1) is 0 Å². The van der Waals surface area contributed by atoms with Gasteiger partial charge in [0.05, 0.1) is 0 Å². The topological polar surface area (TPSA) is 77.8 Å². The van der Waals surface area contributed by atoms with Crippen molar-refractivity contribution in [3.05, 3.63) is 29.8 Å². The zero-order chi connectivity index (χ0) is 15.7. The molecule has 0 aromatic heterocycles. The minimum atomic E-state index is -0.997. The van der Waals surface area contributed by atoms with Gasteiger partial charge in [0.25, 0.3) is 0 Å². The van der Waals surface area contributed by atoms with Gasteiger partial charge in [0.15, 0.2) is 11.5 Å². The van der Waals surface area contributed by atoms with Crippen LogP contribution < -0.4 is 0 Å². The number of allylic oxidation sites excluding steroid dienone is 1. The molecule has 21 heavy (non-hydrogen) atoms. The molecule has 1 aromatic carbocycles. The van der Waals surface area contributed by atoms with Gasteiger partial charge in [0.1, 0.15) is 0 Å². The van der Waals surface area contributed by atoms with Gasteiger partial charge in [-0.1, -0.05) is 45.1 Å². The Morgan fingerprint density at radius 1 is 1.05 bits per heavy atom. The number of hydrogen-bond donors (Lipinski definition) is 3. The lowest BCUT2D eigenvalue weighted by Crippen LogP contribution is -1.93. The Kier molecular flexibility index (Phi) is 7.37. The summed E-state index contributed by atoms with van der Waals surface area (Å²) in [4.78, 5) is 10.9. The van der Waals surface area contributed by atoms with Crippen LogP contribution in [0.15, 0.2) is 24.3 Å². The molecule has 0 amide bonds. The maximum atomic E-state index is 10.9. The van der Waals surface area contributed by atoms with Crippen molar-refractivity contribution in [1.82, 2.24) is 0 Å². The van der Waals surface area contributed by atoms with Gasteiger partial charge in [-0.25, -0.2) is 4.79 Å². The van der Waals surface area contributed by atoms with Gasteiger partial charge < -0.3 is 15.3 Å². The number of carbonyl (C=O) groups is 1. The van der Waals surface area contributed by atoms with E-state index in [2.05, 4.69) is 6.92 Å². The molecular formula is C17H24O4. The molecule has 0 unspecified atom stereocenters. The lowest BCUT2D eigenvalue weighted by atomic mass is 9.98. The summed E-state index contributed by atoms with van der Waals surface area (Å²) in [7, 11) is 0. The second kappa shape index (κ2) is 9.06. The van der Waals surface area contributed by atoms with E-state index in [0.29, 0.717) is 17.6 Å². The summed E-state index contributed by atoms with van der Waals surface area (Å²) in [6.45, 7) is 2.17. The van der Waals surface area contributed by atoms with Crippen molar-refractivity contribution in [2.24, 2.45) is 0 Å². The molecule has 0 fully saturated rings. The average Bonchev–Trinajstić information content (AvgIpc) is 2.44. The first-order chi connectivity index (χ1) is 10.0. The van der Waals surface area contributed by atoms with Crippen LogP contribution in [0.4, 0.5) is 0 Å². The molecule has 0 aliphatic heterocycles. The molecule has 116 valence electrons. The van der Waals surface area contributed by atoms with Gasteiger partial charge >= 0.3 is 5.97 Å². The van der Waals surface area contributed by atoms with Crippen molar-refractivity contribution < 1.29 is 20.1 Å². The quantitative estimate of drug-likeness (QED) is 0.360. The number of aromatic hydroxyl groups is 2. The van der Waals surface area contributed by atoms with Crippen molar-refractivity contribution in [3.8, 4) is 11.5 Å². The molecule has 0 heterocycles. The van der Waals surface area contributed by atoms with E-state index in [1.54, 1.807) is 6.07 Å². The van der Waals surface area contributed by atoms with Crippen molar-refractivity contribution in [2.45, 2.75) is 51.9 Å². The maximum Gasteiger partial charge on any atom is 0.328 e. The second-order valence-corrected chi connectivity index (χ2v) is 5.23. The third-order valence-electron chi connectivity index (χ3n) is 3.44. The Bertz CT molecular complexity index is 492. The molecule has 0 saturated carbocycles. The highest BCUT2D eigenvalue weighted by Crippen LogP contribution is 2.30. The van der Waals surface area contributed by atoms with Gasteiger partial charge in [0, 0.05) is 6.08 Å². The van der Waals surface area contributed by atoms with Crippen LogP contribution in [-0.2, 0) is 4.79 Å². The van der Waals surface area contributed by atoms with Crippen molar-refractivity contribution >= 4 is 11.5 Å². The first kappa shape index (κ1) is 17.1. The molecule has 0 saturated heterocycles. The molecule has 1 aromatic rings. The van der Waals surface area contributed by atoms with Crippen molar-refractivity contribution in [1.29, 1.82) is 0 Å². The van der Waals surface area contributed by atoms with Crippen LogP contribution in [0.25, 0.3) is 5.57 Å². The first-order valence-corrected chi connectivity index (χ1v) is 7.50. The van der Waals surface area contributed by atoms with Gasteiger partial charge in [0.2, 0.25) is 0 Å². The van der Waals surface area contributed by atoms with Gasteiger partial charge in [-0.3, -0.25) is 0 Å². The van der Waals surface area contributed by atoms with Gasteiger partial charge in [-0.05, 0) is 36.1 Å². The maximum absolute atomic E-state index is 10.9. The van der Waals surface area contributed by atoms with Crippen molar-refractivity contribution in [2.75, 3.05) is 0 Å². The highest BCUT2D eigenvalue weighted by Gasteiger charge is 2.07. The molecule has 0 atom stereocenters. The smallest absolute Gasteiger partial charge is 0.328 e. The van der Waals surface area contributed by atoms with E-state index in [1.807, 2.05) is 0 Å². The number of benzene rings is 1. The van der Waals surface area contributed by atoms with E-state index in [4.69, 9.17) is 5.11 Å². The summed E-state index contributed by atoms with van der Waals surface area (Å²) < 4.78 is 0.